The summed E-state index contributed by atoms with van der Waals surface area (Å²) in [4.78, 5) is 14.8. The highest BCUT2D eigenvalue weighted by Gasteiger charge is 2.20. The molecule has 2 rings (SSSR count). The summed E-state index contributed by atoms with van der Waals surface area (Å²) in [5.74, 6) is 0. The number of fused-ring (bicyclic) bond motifs is 1. The third kappa shape index (κ3) is 4.09. The molecule has 10 heteroatoms. The molecule has 0 amide bonds. The number of nitrogens with zero attached hydrogens (tertiary/aromatic N) is 2. The number of nitro benzene ring substituents is 1. The minimum Gasteiger partial charge on any atom is -0.379 e. The Hall–Kier alpha value is -1.78. The molecule has 21 heavy (non-hydrogen) atoms. The largest absolute Gasteiger partial charge is 0.379 e. The second kappa shape index (κ2) is 6.33. The van der Waals surface area contributed by atoms with Crippen LogP contribution in [0.25, 0.3) is 10.2 Å². The van der Waals surface area contributed by atoms with Crippen LogP contribution in [-0.2, 0) is 10.0 Å². The molecule has 0 fully saturated rings. The Labute approximate surface area is 125 Å². The van der Waals surface area contributed by atoms with Crippen molar-refractivity contribution >= 4 is 43.0 Å². The van der Waals surface area contributed by atoms with E-state index >= 15 is 0 Å². The quantitative estimate of drug-likeness (QED) is 0.452. The first-order chi connectivity index (χ1) is 9.88. The van der Waals surface area contributed by atoms with E-state index in [-0.39, 0.29) is 12.2 Å². The molecule has 1 aromatic heterocycles. The van der Waals surface area contributed by atoms with Crippen LogP contribution in [0.5, 0.6) is 0 Å². The van der Waals surface area contributed by atoms with Crippen LogP contribution in [0.15, 0.2) is 17.6 Å². The van der Waals surface area contributed by atoms with Gasteiger partial charge in [0.1, 0.15) is 5.69 Å². The Morgan fingerprint density at radius 1 is 1.38 bits per heavy atom. The summed E-state index contributed by atoms with van der Waals surface area (Å²) in [6.07, 6.45) is 1.60. The maximum Gasteiger partial charge on any atom is 0.319 e. The van der Waals surface area contributed by atoms with Gasteiger partial charge in [-0.2, -0.15) is 0 Å². The van der Waals surface area contributed by atoms with Crippen LogP contribution >= 0.6 is 11.3 Å². The molecule has 0 bridgehead atoms. The van der Waals surface area contributed by atoms with Crippen LogP contribution in [0.2, 0.25) is 0 Å². The summed E-state index contributed by atoms with van der Waals surface area (Å²) in [5.41, 5.74) is 2.27. The fraction of sp³-hybridized carbons (Fsp3) is 0.364. The molecule has 0 radical (unpaired) electrons. The molecular weight excluding hydrogens is 316 g/mol. The Kier molecular flexibility index (Phi) is 4.70. The summed E-state index contributed by atoms with van der Waals surface area (Å²) in [6, 6.07) is 3.42. The summed E-state index contributed by atoms with van der Waals surface area (Å²) in [7, 11) is -3.21. The van der Waals surface area contributed by atoms with Gasteiger partial charge in [-0.25, -0.2) is 18.1 Å². The lowest BCUT2D eigenvalue weighted by molar-refractivity contribution is -0.382. The van der Waals surface area contributed by atoms with Gasteiger partial charge in [0.2, 0.25) is 10.0 Å². The van der Waals surface area contributed by atoms with E-state index in [0.29, 0.717) is 24.2 Å². The minimum absolute atomic E-state index is 0.0511. The standard InChI is InChI=1S/C11H14N4O4S2/c1-21(18,19)14-6-2-5-12-8-3-4-9-10(13-7-20-9)11(8)15(16)17/h3-4,7,12,14H,2,5-6H2,1H3. The molecule has 8 nitrogen and oxygen atoms in total. The normalized spacial score (nSPS) is 11.7. The van der Waals surface area contributed by atoms with Crippen molar-refractivity contribution in [1.82, 2.24) is 9.71 Å². The zero-order valence-electron chi connectivity index (χ0n) is 11.2. The van der Waals surface area contributed by atoms with Crippen molar-refractivity contribution in [2.75, 3.05) is 24.7 Å². The fourth-order valence-corrected chi connectivity index (χ4v) is 3.01. The van der Waals surface area contributed by atoms with Crippen molar-refractivity contribution in [2.24, 2.45) is 0 Å². The number of hydrogen-bond donors (Lipinski definition) is 2. The molecule has 114 valence electrons. The van der Waals surface area contributed by atoms with Crippen molar-refractivity contribution in [3.63, 3.8) is 0 Å². The molecule has 0 unspecified atom stereocenters. The molecule has 2 aromatic rings. The lowest BCUT2D eigenvalue weighted by Gasteiger charge is -2.07. The maximum absolute atomic E-state index is 11.2. The maximum atomic E-state index is 11.2. The SMILES string of the molecule is CS(=O)(=O)NCCCNc1ccc2scnc2c1[N+](=O)[O-]. The molecule has 0 spiro atoms. The molecule has 0 aliphatic carbocycles. The van der Waals surface area contributed by atoms with E-state index in [1.165, 1.54) is 11.3 Å². The molecule has 0 aliphatic rings. The molecule has 0 saturated heterocycles. The van der Waals surface area contributed by atoms with Crippen molar-refractivity contribution in [1.29, 1.82) is 0 Å². The van der Waals surface area contributed by atoms with Crippen molar-refractivity contribution in [3.05, 3.63) is 27.8 Å². The highest BCUT2D eigenvalue weighted by molar-refractivity contribution is 7.88. The Morgan fingerprint density at radius 3 is 2.81 bits per heavy atom. The number of hydrogen-bond acceptors (Lipinski definition) is 7. The number of nitrogens with one attached hydrogen (secondary N) is 2. The van der Waals surface area contributed by atoms with E-state index in [9.17, 15) is 18.5 Å². The van der Waals surface area contributed by atoms with E-state index in [1.54, 1.807) is 17.6 Å². The smallest absolute Gasteiger partial charge is 0.319 e. The zero-order valence-corrected chi connectivity index (χ0v) is 12.8. The van der Waals surface area contributed by atoms with Gasteiger partial charge < -0.3 is 5.32 Å². The number of nitro groups is 1. The molecule has 0 saturated carbocycles. The van der Waals surface area contributed by atoms with Crippen molar-refractivity contribution < 1.29 is 13.3 Å². The topological polar surface area (TPSA) is 114 Å². The first-order valence-corrected chi connectivity index (χ1v) is 8.84. The Morgan fingerprint density at radius 2 is 2.14 bits per heavy atom. The number of aromatic nitrogens is 1. The minimum atomic E-state index is -3.21. The number of sulfonamides is 1. The zero-order chi connectivity index (χ0) is 15.5. The van der Waals surface area contributed by atoms with Gasteiger partial charge in [-0.15, -0.1) is 11.3 Å². The van der Waals surface area contributed by atoms with Crippen LogP contribution in [-0.4, -0.2) is 37.7 Å². The second-order valence-electron chi connectivity index (χ2n) is 4.36. The monoisotopic (exact) mass is 330 g/mol. The lowest BCUT2D eigenvalue weighted by Crippen LogP contribution is -2.24. The average Bonchev–Trinajstić information content (AvgIpc) is 2.84. The van der Waals surface area contributed by atoms with E-state index in [0.717, 1.165) is 11.0 Å². The third-order valence-corrected chi connectivity index (χ3v) is 4.21. The lowest BCUT2D eigenvalue weighted by atomic mass is 10.2. The Balaban J connectivity index is 2.05. The average molecular weight is 330 g/mol. The van der Waals surface area contributed by atoms with Crippen LogP contribution in [0, 0.1) is 10.1 Å². The summed E-state index contributed by atoms with van der Waals surface area (Å²) in [6.45, 7) is 0.692. The molecule has 0 aliphatic heterocycles. The highest BCUT2D eigenvalue weighted by atomic mass is 32.2. The molecule has 2 N–H and O–H groups in total. The third-order valence-electron chi connectivity index (χ3n) is 2.69. The summed E-state index contributed by atoms with van der Waals surface area (Å²) < 4.78 is 24.9. The molecule has 1 aromatic carbocycles. The molecular formula is C11H14N4O4S2. The van der Waals surface area contributed by atoms with E-state index in [1.807, 2.05) is 0 Å². The van der Waals surface area contributed by atoms with Gasteiger partial charge in [0.25, 0.3) is 0 Å². The van der Waals surface area contributed by atoms with Gasteiger partial charge in [-0.1, -0.05) is 0 Å². The van der Waals surface area contributed by atoms with Crippen LogP contribution in [0.3, 0.4) is 0 Å². The summed E-state index contributed by atoms with van der Waals surface area (Å²) >= 11 is 1.34. The van der Waals surface area contributed by atoms with E-state index < -0.39 is 14.9 Å². The van der Waals surface area contributed by atoms with Gasteiger partial charge in [-0.3, -0.25) is 10.1 Å². The van der Waals surface area contributed by atoms with Gasteiger partial charge in [-0.05, 0) is 18.6 Å². The number of anilines is 1. The van der Waals surface area contributed by atoms with Crippen LogP contribution < -0.4 is 10.0 Å². The van der Waals surface area contributed by atoms with E-state index in [4.69, 9.17) is 0 Å². The first kappa shape index (κ1) is 15.6. The number of rotatable bonds is 7. The molecule has 0 atom stereocenters. The van der Waals surface area contributed by atoms with Crippen LogP contribution in [0.1, 0.15) is 6.42 Å². The van der Waals surface area contributed by atoms with Gasteiger partial charge in [0, 0.05) is 13.1 Å². The Bertz CT molecular complexity index is 757. The highest BCUT2D eigenvalue weighted by Crippen LogP contribution is 2.34. The van der Waals surface area contributed by atoms with Crippen molar-refractivity contribution in [2.45, 2.75) is 6.42 Å². The predicted octanol–water partition coefficient (Wildman–Crippen LogP) is 1.56. The van der Waals surface area contributed by atoms with Crippen molar-refractivity contribution in [3.8, 4) is 0 Å². The molecule has 1 heterocycles. The fourth-order valence-electron chi connectivity index (χ4n) is 1.81. The number of thiazole rings is 1. The second-order valence-corrected chi connectivity index (χ2v) is 7.08. The summed E-state index contributed by atoms with van der Waals surface area (Å²) in [5, 5.41) is 14.1. The number of benzene rings is 1. The van der Waals surface area contributed by atoms with Gasteiger partial charge in [0.15, 0.2) is 5.52 Å². The van der Waals surface area contributed by atoms with Gasteiger partial charge in [0.05, 0.1) is 21.4 Å². The van der Waals surface area contributed by atoms with E-state index in [2.05, 4.69) is 15.0 Å². The van der Waals surface area contributed by atoms with Crippen LogP contribution in [0.4, 0.5) is 11.4 Å². The predicted molar refractivity (Wildman–Crippen MR) is 82.2 cm³/mol. The first-order valence-electron chi connectivity index (χ1n) is 6.07. The van der Waals surface area contributed by atoms with Gasteiger partial charge >= 0.3 is 5.69 Å².